The summed E-state index contributed by atoms with van der Waals surface area (Å²) in [4.78, 5) is 36.9. The molecule has 0 radical (unpaired) electrons. The Bertz CT molecular complexity index is 1200. The van der Waals surface area contributed by atoms with E-state index in [1.807, 2.05) is 23.6 Å². The highest BCUT2D eigenvalue weighted by molar-refractivity contribution is 7.10. The Morgan fingerprint density at radius 1 is 1.21 bits per heavy atom. The molecule has 10 nitrogen and oxygen atoms in total. The van der Waals surface area contributed by atoms with Gasteiger partial charge in [0.2, 0.25) is 5.91 Å². The third kappa shape index (κ3) is 4.91. The number of benzene rings is 1. The monoisotopic (exact) mass is 481 g/mol. The lowest BCUT2D eigenvalue weighted by Crippen LogP contribution is -2.41. The number of amides is 3. The molecule has 1 atom stereocenters. The summed E-state index contributed by atoms with van der Waals surface area (Å²) in [7, 11) is 0. The van der Waals surface area contributed by atoms with Crippen molar-refractivity contribution in [3.05, 3.63) is 57.9 Å². The first-order valence-corrected chi connectivity index (χ1v) is 11.9. The normalized spacial score (nSPS) is 19.1. The minimum Gasteiger partial charge on any atom is -0.348 e. The lowest BCUT2D eigenvalue weighted by molar-refractivity contribution is -0.183. The summed E-state index contributed by atoms with van der Waals surface area (Å²) in [6.45, 7) is 1.72. The van der Waals surface area contributed by atoms with Crippen LogP contribution in [0.1, 0.15) is 52.4 Å². The second-order valence-corrected chi connectivity index (χ2v) is 9.08. The molecule has 2 aromatic heterocycles. The number of carbonyl (C=O) groups excluding carboxylic acids is 3. The minimum atomic E-state index is -0.543. The average molecular weight is 482 g/mol. The Morgan fingerprint density at radius 3 is 2.76 bits per heavy atom. The van der Waals surface area contributed by atoms with E-state index in [-0.39, 0.29) is 30.4 Å². The van der Waals surface area contributed by atoms with Gasteiger partial charge < -0.3 is 14.8 Å². The van der Waals surface area contributed by atoms with E-state index >= 15 is 0 Å². The van der Waals surface area contributed by atoms with E-state index in [1.54, 1.807) is 18.3 Å². The van der Waals surface area contributed by atoms with Crippen molar-refractivity contribution in [1.29, 1.82) is 0 Å². The fourth-order valence-corrected chi connectivity index (χ4v) is 4.66. The van der Waals surface area contributed by atoms with Crippen molar-refractivity contribution in [2.24, 2.45) is 0 Å². The zero-order chi connectivity index (χ0) is 23.5. The Hall–Kier alpha value is -3.41. The summed E-state index contributed by atoms with van der Waals surface area (Å²) in [5.74, 6) is -0.807. The number of aromatic nitrogens is 3. The van der Waals surface area contributed by atoms with Crippen molar-refractivity contribution in [2.75, 3.05) is 13.2 Å². The van der Waals surface area contributed by atoms with Gasteiger partial charge in [0.1, 0.15) is 11.7 Å². The number of nitrogens with one attached hydrogen (secondary N) is 2. The summed E-state index contributed by atoms with van der Waals surface area (Å²) in [5.41, 5.74) is 2.93. The molecule has 2 aliphatic rings. The van der Waals surface area contributed by atoms with Crippen LogP contribution in [-0.2, 0) is 25.6 Å². The lowest BCUT2D eigenvalue weighted by Gasteiger charge is -2.23. The molecule has 34 heavy (non-hydrogen) atoms. The third-order valence-electron chi connectivity index (χ3n) is 5.68. The highest BCUT2D eigenvalue weighted by Crippen LogP contribution is 2.26. The Balaban J connectivity index is 1.17. The van der Waals surface area contributed by atoms with E-state index in [9.17, 15) is 14.4 Å². The number of hydrogen-bond acceptors (Lipinski definition) is 8. The van der Waals surface area contributed by atoms with Crippen molar-refractivity contribution >= 4 is 29.1 Å². The van der Waals surface area contributed by atoms with Crippen LogP contribution in [0.2, 0.25) is 0 Å². The van der Waals surface area contributed by atoms with Crippen LogP contribution < -0.4 is 10.6 Å². The van der Waals surface area contributed by atoms with Crippen molar-refractivity contribution in [3.63, 3.8) is 0 Å². The van der Waals surface area contributed by atoms with Crippen molar-refractivity contribution in [3.8, 4) is 11.3 Å². The molecule has 2 N–H and O–H groups in total. The zero-order valence-corrected chi connectivity index (χ0v) is 19.0. The molecular formula is C23H23N5O5S. The number of thiophene rings is 1. The molecule has 1 aromatic carbocycles. The van der Waals surface area contributed by atoms with Gasteiger partial charge >= 0.3 is 0 Å². The van der Waals surface area contributed by atoms with E-state index in [4.69, 9.17) is 9.47 Å². The first-order chi connectivity index (χ1) is 16.6. The summed E-state index contributed by atoms with van der Waals surface area (Å²) in [5, 5.41) is 15.4. The zero-order valence-electron chi connectivity index (χ0n) is 18.2. The van der Waals surface area contributed by atoms with Gasteiger partial charge in [-0.1, -0.05) is 17.3 Å². The van der Waals surface area contributed by atoms with Crippen LogP contribution in [-0.4, -0.2) is 45.9 Å². The average Bonchev–Trinajstić information content (AvgIpc) is 3.53. The molecule has 176 valence electrons. The topological polar surface area (TPSA) is 124 Å². The molecule has 5 rings (SSSR count). The lowest BCUT2D eigenvalue weighted by atomic mass is 10.1. The second-order valence-electron chi connectivity index (χ2n) is 8.08. The molecule has 2 aliphatic heterocycles. The Morgan fingerprint density at radius 2 is 2.00 bits per heavy atom. The van der Waals surface area contributed by atoms with E-state index in [1.165, 1.54) is 16.0 Å². The summed E-state index contributed by atoms with van der Waals surface area (Å²) >= 11 is 1.50. The molecule has 0 aliphatic carbocycles. The van der Waals surface area contributed by atoms with Gasteiger partial charge in [0, 0.05) is 33.4 Å². The molecule has 2 fully saturated rings. The number of piperidine rings is 1. The van der Waals surface area contributed by atoms with E-state index in [0.29, 0.717) is 37.4 Å². The van der Waals surface area contributed by atoms with Crippen LogP contribution in [0.25, 0.3) is 11.3 Å². The predicted molar refractivity (Wildman–Crippen MR) is 122 cm³/mol. The maximum Gasteiger partial charge on any atom is 0.251 e. The van der Waals surface area contributed by atoms with Gasteiger partial charge in [-0.2, -0.15) is 0 Å². The standard InChI is InChI=1S/C23H23N5O5S/c29-20-7-6-19(22(31)25-20)28-12-18(26-27-28)16-10-17(34-13-16)11-24-21(30)14-2-4-15(5-3-14)23-32-8-1-9-33-23/h2-5,10,12-13,19,23H,1,6-9,11H2,(H,24,30)(H,25,29,31). The molecule has 0 spiro atoms. The number of carbonyl (C=O) groups is 3. The highest BCUT2D eigenvalue weighted by atomic mass is 32.1. The van der Waals surface area contributed by atoms with Gasteiger partial charge in [-0.05, 0) is 31.0 Å². The molecule has 3 amide bonds. The van der Waals surface area contributed by atoms with Gasteiger partial charge in [-0.3, -0.25) is 19.7 Å². The molecule has 1 unspecified atom stereocenters. The number of ether oxygens (including phenoxy) is 2. The molecular weight excluding hydrogens is 458 g/mol. The summed E-state index contributed by atoms with van der Waals surface area (Å²) in [6.07, 6.45) is 2.89. The maximum atomic E-state index is 12.6. The van der Waals surface area contributed by atoms with Crippen LogP contribution in [0.3, 0.4) is 0 Å². The fourth-order valence-electron chi connectivity index (χ4n) is 3.84. The van der Waals surface area contributed by atoms with Crippen molar-refractivity contribution < 1.29 is 23.9 Å². The smallest absolute Gasteiger partial charge is 0.251 e. The highest BCUT2D eigenvalue weighted by Gasteiger charge is 2.29. The number of rotatable bonds is 6. The molecule has 3 aromatic rings. The van der Waals surface area contributed by atoms with Gasteiger partial charge in [-0.25, -0.2) is 4.68 Å². The van der Waals surface area contributed by atoms with Gasteiger partial charge in [0.15, 0.2) is 6.29 Å². The van der Waals surface area contributed by atoms with Gasteiger partial charge in [0.05, 0.1) is 26.0 Å². The Kier molecular flexibility index (Phi) is 6.48. The van der Waals surface area contributed by atoms with E-state index < -0.39 is 6.04 Å². The van der Waals surface area contributed by atoms with Gasteiger partial charge in [0.25, 0.3) is 11.8 Å². The van der Waals surface area contributed by atoms with E-state index in [0.717, 1.165) is 22.4 Å². The van der Waals surface area contributed by atoms with Crippen molar-refractivity contribution in [2.45, 2.75) is 38.1 Å². The minimum absolute atomic E-state index is 0.171. The number of nitrogens with zero attached hydrogens (tertiary/aromatic N) is 3. The van der Waals surface area contributed by atoms with E-state index in [2.05, 4.69) is 20.9 Å². The second kappa shape index (κ2) is 9.84. The van der Waals surface area contributed by atoms with Crippen LogP contribution in [0.5, 0.6) is 0 Å². The van der Waals surface area contributed by atoms with Gasteiger partial charge in [-0.15, -0.1) is 16.4 Å². The number of imide groups is 1. The SMILES string of the molecule is O=C1CCC(n2cc(-c3csc(CNC(=O)c4ccc(C5OCCCO5)cc4)c3)nn2)C(=O)N1. The molecule has 0 saturated carbocycles. The third-order valence-corrected chi connectivity index (χ3v) is 6.62. The maximum absolute atomic E-state index is 12.6. The summed E-state index contributed by atoms with van der Waals surface area (Å²) in [6, 6.07) is 8.61. The molecule has 4 heterocycles. The summed E-state index contributed by atoms with van der Waals surface area (Å²) < 4.78 is 12.7. The molecule has 11 heteroatoms. The van der Waals surface area contributed by atoms with Crippen LogP contribution in [0.15, 0.2) is 41.9 Å². The van der Waals surface area contributed by atoms with Crippen LogP contribution in [0, 0.1) is 0 Å². The largest absolute Gasteiger partial charge is 0.348 e. The first-order valence-electron chi connectivity index (χ1n) is 11.0. The van der Waals surface area contributed by atoms with Crippen LogP contribution in [0.4, 0.5) is 0 Å². The van der Waals surface area contributed by atoms with Crippen LogP contribution >= 0.6 is 11.3 Å². The Labute approximate surface area is 199 Å². The first kappa shape index (κ1) is 22.4. The quantitative estimate of drug-likeness (QED) is 0.518. The van der Waals surface area contributed by atoms with Crippen molar-refractivity contribution in [1.82, 2.24) is 25.6 Å². The molecule has 2 saturated heterocycles. The fraction of sp³-hybridized carbons (Fsp3) is 0.348. The number of hydrogen-bond donors (Lipinski definition) is 2. The molecule has 0 bridgehead atoms. The predicted octanol–water partition coefficient (Wildman–Crippen LogP) is 2.35.